The molecule has 3 aromatic rings. The monoisotopic (exact) mass is 326 g/mol. The number of anilines is 1. The topological polar surface area (TPSA) is 63.4 Å². The van der Waals surface area contributed by atoms with Crippen molar-refractivity contribution in [2.45, 2.75) is 6.42 Å². The van der Waals surface area contributed by atoms with Gasteiger partial charge in [0.05, 0.1) is 13.2 Å². The van der Waals surface area contributed by atoms with Gasteiger partial charge in [0.2, 0.25) is 0 Å². The lowest BCUT2D eigenvalue weighted by Gasteiger charge is -2.10. The molecule has 0 spiro atoms. The molecular weight excluding hydrogens is 311 g/mol. The fraction of sp³-hybridized carbons (Fsp3) is 0.167. The molecule has 0 bridgehead atoms. The molecule has 0 atom stereocenters. The summed E-state index contributed by atoms with van der Waals surface area (Å²) in [5.41, 5.74) is 1.68. The van der Waals surface area contributed by atoms with Gasteiger partial charge in [0.15, 0.2) is 11.5 Å². The van der Waals surface area contributed by atoms with Gasteiger partial charge in [0.25, 0.3) is 5.91 Å². The van der Waals surface area contributed by atoms with E-state index in [1.165, 1.54) is 12.1 Å². The standard InChI is InChI=1S/C18H15FN2O3/c19-12-2-4-14-11(8-12)9-15(21-14)18(22)20-13-3-5-16-17(10-13)24-7-1-6-23-16/h2-5,8-10,21H,1,6-7H2,(H,20,22). The molecule has 1 aliphatic rings. The molecule has 1 aromatic heterocycles. The number of nitrogens with one attached hydrogen (secondary N) is 2. The highest BCUT2D eigenvalue weighted by atomic mass is 19.1. The van der Waals surface area contributed by atoms with Crippen LogP contribution in [0.3, 0.4) is 0 Å². The van der Waals surface area contributed by atoms with Crippen molar-refractivity contribution in [3.8, 4) is 11.5 Å². The highest BCUT2D eigenvalue weighted by Crippen LogP contribution is 2.32. The third kappa shape index (κ3) is 2.78. The maximum Gasteiger partial charge on any atom is 0.272 e. The minimum absolute atomic E-state index is 0.305. The molecule has 0 fully saturated rings. The average molecular weight is 326 g/mol. The number of benzene rings is 2. The zero-order chi connectivity index (χ0) is 16.5. The molecule has 2 aromatic carbocycles. The number of hydrogen-bond donors (Lipinski definition) is 2. The van der Waals surface area contributed by atoms with E-state index < -0.39 is 0 Å². The van der Waals surface area contributed by atoms with Crippen molar-refractivity contribution in [1.29, 1.82) is 0 Å². The second kappa shape index (κ2) is 5.88. The third-order valence-electron chi connectivity index (χ3n) is 3.83. The molecule has 0 radical (unpaired) electrons. The van der Waals surface area contributed by atoms with Crippen LogP contribution < -0.4 is 14.8 Å². The van der Waals surface area contributed by atoms with E-state index in [9.17, 15) is 9.18 Å². The number of aromatic amines is 1. The number of ether oxygens (including phenoxy) is 2. The van der Waals surface area contributed by atoms with E-state index in [1.54, 1.807) is 30.3 Å². The van der Waals surface area contributed by atoms with Crippen LogP contribution in [0.1, 0.15) is 16.9 Å². The summed E-state index contributed by atoms with van der Waals surface area (Å²) in [6.45, 7) is 1.20. The summed E-state index contributed by atoms with van der Waals surface area (Å²) in [5, 5.41) is 3.46. The molecule has 2 heterocycles. The number of rotatable bonds is 2. The van der Waals surface area contributed by atoms with Crippen molar-refractivity contribution in [3.05, 3.63) is 54.0 Å². The minimum atomic E-state index is -0.337. The number of halogens is 1. The maximum absolute atomic E-state index is 13.2. The highest BCUT2D eigenvalue weighted by Gasteiger charge is 2.14. The second-order valence-corrected chi connectivity index (χ2v) is 5.58. The molecular formula is C18H15FN2O3. The summed E-state index contributed by atoms with van der Waals surface area (Å²) in [5.74, 6) is 0.646. The second-order valence-electron chi connectivity index (χ2n) is 5.58. The molecule has 4 rings (SSSR count). The van der Waals surface area contributed by atoms with Crippen LogP contribution in [0, 0.1) is 5.82 Å². The van der Waals surface area contributed by atoms with Crippen molar-refractivity contribution in [2.75, 3.05) is 18.5 Å². The molecule has 0 saturated carbocycles. The van der Waals surface area contributed by atoms with Crippen LogP contribution in [0.2, 0.25) is 0 Å². The Labute approximate surface area is 137 Å². The van der Waals surface area contributed by atoms with Gasteiger partial charge in [-0.1, -0.05) is 0 Å². The Kier molecular flexibility index (Phi) is 3.57. The Morgan fingerprint density at radius 1 is 1.04 bits per heavy atom. The third-order valence-corrected chi connectivity index (χ3v) is 3.83. The summed E-state index contributed by atoms with van der Waals surface area (Å²) in [4.78, 5) is 15.4. The number of amides is 1. The van der Waals surface area contributed by atoms with Crippen LogP contribution in [0.25, 0.3) is 10.9 Å². The van der Waals surface area contributed by atoms with Crippen molar-refractivity contribution in [2.24, 2.45) is 0 Å². The van der Waals surface area contributed by atoms with Crippen LogP contribution >= 0.6 is 0 Å². The van der Waals surface area contributed by atoms with Gasteiger partial charge in [0, 0.05) is 29.1 Å². The molecule has 0 aliphatic carbocycles. The van der Waals surface area contributed by atoms with Gasteiger partial charge in [-0.2, -0.15) is 0 Å². The zero-order valence-corrected chi connectivity index (χ0v) is 12.8. The van der Waals surface area contributed by atoms with Gasteiger partial charge >= 0.3 is 0 Å². The largest absolute Gasteiger partial charge is 0.490 e. The summed E-state index contributed by atoms with van der Waals surface area (Å²) in [6.07, 6.45) is 0.821. The number of fused-ring (bicyclic) bond motifs is 2. The summed E-state index contributed by atoms with van der Waals surface area (Å²) in [6, 6.07) is 11.2. The van der Waals surface area contributed by atoms with Crippen molar-refractivity contribution in [1.82, 2.24) is 4.98 Å². The predicted octanol–water partition coefficient (Wildman–Crippen LogP) is 3.72. The lowest BCUT2D eigenvalue weighted by atomic mass is 10.2. The first-order chi connectivity index (χ1) is 11.7. The average Bonchev–Trinajstić information content (AvgIpc) is 2.85. The van der Waals surface area contributed by atoms with Crippen molar-refractivity contribution >= 4 is 22.5 Å². The predicted molar refractivity (Wildman–Crippen MR) is 88.3 cm³/mol. The molecule has 24 heavy (non-hydrogen) atoms. The van der Waals surface area contributed by atoms with E-state index in [2.05, 4.69) is 10.3 Å². The van der Waals surface area contributed by atoms with Crippen LogP contribution in [0.15, 0.2) is 42.5 Å². The van der Waals surface area contributed by atoms with E-state index >= 15 is 0 Å². The first kappa shape index (κ1) is 14.6. The van der Waals surface area contributed by atoms with Crippen LogP contribution in [0.5, 0.6) is 11.5 Å². The summed E-state index contributed by atoms with van der Waals surface area (Å²) < 4.78 is 24.4. The van der Waals surface area contributed by atoms with E-state index in [0.717, 1.165) is 6.42 Å². The summed E-state index contributed by atoms with van der Waals surface area (Å²) in [7, 11) is 0. The van der Waals surface area contributed by atoms with E-state index in [0.29, 0.717) is 47.0 Å². The molecule has 122 valence electrons. The Balaban J connectivity index is 1.57. The van der Waals surface area contributed by atoms with Crippen LogP contribution in [-0.2, 0) is 0 Å². The molecule has 0 saturated heterocycles. The lowest BCUT2D eigenvalue weighted by Crippen LogP contribution is -2.12. The number of H-pyrrole nitrogens is 1. The fourth-order valence-corrected chi connectivity index (χ4v) is 2.67. The lowest BCUT2D eigenvalue weighted by molar-refractivity contribution is 0.102. The van der Waals surface area contributed by atoms with Crippen LogP contribution in [-0.4, -0.2) is 24.1 Å². The van der Waals surface area contributed by atoms with Crippen molar-refractivity contribution in [3.63, 3.8) is 0 Å². The smallest absolute Gasteiger partial charge is 0.272 e. The van der Waals surface area contributed by atoms with Gasteiger partial charge in [-0.05, 0) is 36.4 Å². The number of carbonyl (C=O) groups is 1. The quantitative estimate of drug-likeness (QED) is 0.754. The normalized spacial score (nSPS) is 13.5. The Morgan fingerprint density at radius 2 is 1.88 bits per heavy atom. The molecule has 2 N–H and O–H groups in total. The van der Waals surface area contributed by atoms with E-state index in [-0.39, 0.29) is 11.7 Å². The van der Waals surface area contributed by atoms with E-state index in [4.69, 9.17) is 9.47 Å². The zero-order valence-electron chi connectivity index (χ0n) is 12.8. The van der Waals surface area contributed by atoms with Gasteiger partial charge in [-0.3, -0.25) is 4.79 Å². The Hall–Kier alpha value is -3.02. The molecule has 6 heteroatoms. The minimum Gasteiger partial charge on any atom is -0.490 e. The number of carbonyl (C=O) groups excluding carboxylic acids is 1. The summed E-state index contributed by atoms with van der Waals surface area (Å²) >= 11 is 0. The van der Waals surface area contributed by atoms with E-state index in [1.807, 2.05) is 0 Å². The maximum atomic E-state index is 13.2. The van der Waals surface area contributed by atoms with Crippen LogP contribution in [0.4, 0.5) is 10.1 Å². The first-order valence-corrected chi connectivity index (χ1v) is 7.68. The van der Waals surface area contributed by atoms with Gasteiger partial charge in [0.1, 0.15) is 11.5 Å². The highest BCUT2D eigenvalue weighted by molar-refractivity contribution is 6.06. The molecule has 1 amide bonds. The van der Waals surface area contributed by atoms with Gasteiger partial charge in [-0.15, -0.1) is 0 Å². The first-order valence-electron chi connectivity index (χ1n) is 7.68. The SMILES string of the molecule is O=C(Nc1ccc2c(c1)OCCCO2)c1cc2cc(F)ccc2[nH]1. The molecule has 0 unspecified atom stereocenters. The Morgan fingerprint density at radius 3 is 2.75 bits per heavy atom. The fourth-order valence-electron chi connectivity index (χ4n) is 2.67. The Bertz CT molecular complexity index is 920. The number of aromatic nitrogens is 1. The van der Waals surface area contributed by atoms with Gasteiger partial charge in [-0.25, -0.2) is 4.39 Å². The van der Waals surface area contributed by atoms with Gasteiger partial charge < -0.3 is 19.8 Å². The molecule has 1 aliphatic heterocycles. The van der Waals surface area contributed by atoms with Crippen molar-refractivity contribution < 1.29 is 18.7 Å². The molecule has 5 nitrogen and oxygen atoms in total. The number of hydrogen-bond acceptors (Lipinski definition) is 3.